The van der Waals surface area contributed by atoms with Gasteiger partial charge >= 0.3 is 0 Å². The average Bonchev–Trinajstić information content (AvgIpc) is 2.32. The summed E-state index contributed by atoms with van der Waals surface area (Å²) in [5.74, 6) is -2.69. The second-order valence-corrected chi connectivity index (χ2v) is 4.64. The highest BCUT2D eigenvalue weighted by Crippen LogP contribution is 2.25. The van der Waals surface area contributed by atoms with Crippen LogP contribution < -0.4 is 11.1 Å². The number of rotatable bonds is 2. The summed E-state index contributed by atoms with van der Waals surface area (Å²) in [6.45, 7) is 0. The number of hydrogen-bond donors (Lipinski definition) is 2. The fourth-order valence-electron chi connectivity index (χ4n) is 1.53. The van der Waals surface area contributed by atoms with E-state index in [9.17, 15) is 13.6 Å². The van der Waals surface area contributed by atoms with Gasteiger partial charge in [0.1, 0.15) is 17.2 Å². The van der Waals surface area contributed by atoms with Gasteiger partial charge in [-0.1, -0.05) is 6.07 Å². The maximum Gasteiger partial charge on any atom is 0.261 e. The number of benzene rings is 2. The summed E-state index contributed by atoms with van der Waals surface area (Å²) in [5, 5.41) is 2.41. The number of nitrogen functional groups attached to an aromatic ring is 1. The summed E-state index contributed by atoms with van der Waals surface area (Å²) < 4.78 is 27.4. The molecule has 2 aromatic carbocycles. The Morgan fingerprint density at radius 3 is 2.37 bits per heavy atom. The minimum absolute atomic E-state index is 0.377. The molecule has 1 amide bonds. The van der Waals surface area contributed by atoms with Crippen LogP contribution in [0, 0.1) is 11.6 Å². The molecule has 0 aliphatic carbocycles. The van der Waals surface area contributed by atoms with E-state index in [1.807, 2.05) is 0 Å². The second-order valence-electron chi connectivity index (χ2n) is 3.79. The zero-order valence-corrected chi connectivity index (χ0v) is 11.2. The number of halogens is 3. The summed E-state index contributed by atoms with van der Waals surface area (Å²) >= 11 is 3.20. The molecule has 0 unspecified atom stereocenters. The number of carbonyl (C=O) groups is 1. The molecule has 6 heteroatoms. The first-order valence-corrected chi connectivity index (χ1v) is 6.08. The van der Waals surface area contributed by atoms with E-state index in [0.29, 0.717) is 15.8 Å². The van der Waals surface area contributed by atoms with Crippen LogP contribution in [0.1, 0.15) is 10.4 Å². The van der Waals surface area contributed by atoms with E-state index in [4.69, 9.17) is 5.73 Å². The van der Waals surface area contributed by atoms with E-state index in [-0.39, 0.29) is 0 Å². The standard InChI is InChI=1S/C13H9BrF2N2O/c14-8-6-7(17)4-5-11(8)18-13(19)12-9(15)2-1-3-10(12)16/h1-6H,17H2,(H,18,19). The Balaban J connectivity index is 2.31. The lowest BCUT2D eigenvalue weighted by atomic mass is 10.1. The fraction of sp³-hybridized carbons (Fsp3) is 0. The predicted octanol–water partition coefficient (Wildman–Crippen LogP) is 3.56. The van der Waals surface area contributed by atoms with Crippen LogP contribution in [0.3, 0.4) is 0 Å². The van der Waals surface area contributed by atoms with E-state index in [1.54, 1.807) is 12.1 Å². The lowest BCUT2D eigenvalue weighted by Gasteiger charge is -2.09. The molecule has 0 saturated heterocycles. The third-order valence-corrected chi connectivity index (χ3v) is 3.09. The third-order valence-electron chi connectivity index (χ3n) is 2.43. The zero-order valence-electron chi connectivity index (χ0n) is 9.58. The van der Waals surface area contributed by atoms with Gasteiger partial charge in [0.2, 0.25) is 0 Å². The monoisotopic (exact) mass is 326 g/mol. The van der Waals surface area contributed by atoms with Crippen molar-refractivity contribution >= 4 is 33.2 Å². The Bertz CT molecular complexity index is 626. The molecule has 0 bridgehead atoms. The SMILES string of the molecule is Nc1ccc(NC(=O)c2c(F)cccc2F)c(Br)c1. The topological polar surface area (TPSA) is 55.1 Å². The van der Waals surface area contributed by atoms with Gasteiger partial charge in [-0.05, 0) is 46.3 Å². The van der Waals surface area contributed by atoms with Gasteiger partial charge < -0.3 is 11.1 Å². The summed E-state index contributed by atoms with van der Waals surface area (Å²) in [5.41, 5.74) is 5.81. The highest BCUT2D eigenvalue weighted by atomic mass is 79.9. The highest BCUT2D eigenvalue weighted by Gasteiger charge is 2.17. The van der Waals surface area contributed by atoms with Crippen LogP contribution in [0.4, 0.5) is 20.2 Å². The molecule has 0 heterocycles. The second kappa shape index (κ2) is 5.36. The molecule has 0 aliphatic heterocycles. The maximum atomic E-state index is 13.4. The molecule has 3 nitrogen and oxygen atoms in total. The van der Waals surface area contributed by atoms with E-state index >= 15 is 0 Å². The molecular weight excluding hydrogens is 318 g/mol. The van der Waals surface area contributed by atoms with Crippen molar-refractivity contribution in [3.63, 3.8) is 0 Å². The van der Waals surface area contributed by atoms with Crippen LogP contribution in [-0.2, 0) is 0 Å². The van der Waals surface area contributed by atoms with Gasteiger partial charge in [0.05, 0.1) is 5.69 Å². The van der Waals surface area contributed by atoms with Crippen LogP contribution in [0.25, 0.3) is 0 Å². The molecule has 0 aromatic heterocycles. The molecule has 2 aromatic rings. The van der Waals surface area contributed by atoms with Crippen molar-refractivity contribution in [2.45, 2.75) is 0 Å². The first-order chi connectivity index (χ1) is 8.99. The number of nitrogens with one attached hydrogen (secondary N) is 1. The molecular formula is C13H9BrF2N2O. The van der Waals surface area contributed by atoms with Gasteiger partial charge in [-0.2, -0.15) is 0 Å². The predicted molar refractivity (Wildman–Crippen MR) is 72.9 cm³/mol. The Morgan fingerprint density at radius 1 is 1.16 bits per heavy atom. The van der Waals surface area contributed by atoms with Gasteiger partial charge in [0, 0.05) is 10.2 Å². The number of anilines is 2. The van der Waals surface area contributed by atoms with Crippen LogP contribution in [0.5, 0.6) is 0 Å². The third kappa shape index (κ3) is 2.90. The molecule has 0 spiro atoms. The lowest BCUT2D eigenvalue weighted by molar-refractivity contribution is 0.101. The van der Waals surface area contributed by atoms with Crippen molar-refractivity contribution in [1.82, 2.24) is 0 Å². The molecule has 3 N–H and O–H groups in total. The average molecular weight is 327 g/mol. The van der Waals surface area contributed by atoms with Crippen molar-refractivity contribution in [2.75, 3.05) is 11.1 Å². The van der Waals surface area contributed by atoms with Gasteiger partial charge in [0.25, 0.3) is 5.91 Å². The minimum Gasteiger partial charge on any atom is -0.399 e. The van der Waals surface area contributed by atoms with Crippen LogP contribution in [0.15, 0.2) is 40.9 Å². The van der Waals surface area contributed by atoms with Crippen LogP contribution >= 0.6 is 15.9 Å². The Hall–Kier alpha value is -1.95. The Morgan fingerprint density at radius 2 is 1.79 bits per heavy atom. The summed E-state index contributed by atoms with van der Waals surface area (Å²) in [7, 11) is 0. The molecule has 0 aliphatic rings. The Kier molecular flexibility index (Phi) is 3.80. The largest absolute Gasteiger partial charge is 0.399 e. The van der Waals surface area contributed by atoms with Crippen molar-refractivity contribution in [3.05, 3.63) is 58.1 Å². The first kappa shape index (κ1) is 13.5. The van der Waals surface area contributed by atoms with Crippen molar-refractivity contribution in [1.29, 1.82) is 0 Å². The van der Waals surface area contributed by atoms with E-state index in [0.717, 1.165) is 12.1 Å². The normalized spacial score (nSPS) is 10.3. The van der Waals surface area contributed by atoms with Gasteiger partial charge in [-0.25, -0.2) is 8.78 Å². The van der Waals surface area contributed by atoms with Gasteiger partial charge in [-0.3, -0.25) is 4.79 Å². The number of hydrogen-bond acceptors (Lipinski definition) is 2. The van der Waals surface area contributed by atoms with E-state index < -0.39 is 23.1 Å². The summed E-state index contributed by atoms with van der Waals surface area (Å²) in [6.07, 6.45) is 0. The number of nitrogens with two attached hydrogens (primary N) is 1. The summed E-state index contributed by atoms with van der Waals surface area (Å²) in [4.78, 5) is 11.8. The highest BCUT2D eigenvalue weighted by molar-refractivity contribution is 9.10. The van der Waals surface area contributed by atoms with E-state index in [1.165, 1.54) is 12.1 Å². The van der Waals surface area contributed by atoms with Crippen LogP contribution in [-0.4, -0.2) is 5.91 Å². The van der Waals surface area contributed by atoms with E-state index in [2.05, 4.69) is 21.2 Å². The lowest BCUT2D eigenvalue weighted by Crippen LogP contribution is -2.16. The molecule has 2 rings (SSSR count). The van der Waals surface area contributed by atoms with Crippen LogP contribution in [0.2, 0.25) is 0 Å². The molecule has 0 radical (unpaired) electrons. The summed E-state index contributed by atoms with van der Waals surface area (Å²) in [6, 6.07) is 7.92. The zero-order chi connectivity index (χ0) is 14.0. The quantitative estimate of drug-likeness (QED) is 0.829. The molecule has 0 saturated carbocycles. The molecule has 19 heavy (non-hydrogen) atoms. The number of carbonyl (C=O) groups excluding carboxylic acids is 1. The fourth-order valence-corrected chi connectivity index (χ4v) is 2.03. The van der Waals surface area contributed by atoms with Gasteiger partial charge in [-0.15, -0.1) is 0 Å². The van der Waals surface area contributed by atoms with Crippen molar-refractivity contribution in [2.24, 2.45) is 0 Å². The van der Waals surface area contributed by atoms with Crippen molar-refractivity contribution < 1.29 is 13.6 Å². The molecule has 0 atom stereocenters. The minimum atomic E-state index is -0.913. The molecule has 0 fully saturated rings. The molecule has 98 valence electrons. The van der Waals surface area contributed by atoms with Crippen molar-refractivity contribution in [3.8, 4) is 0 Å². The first-order valence-electron chi connectivity index (χ1n) is 5.29. The number of amides is 1. The Labute approximate surface area is 116 Å². The maximum absolute atomic E-state index is 13.4. The van der Waals surface area contributed by atoms with Gasteiger partial charge in [0.15, 0.2) is 0 Å². The smallest absolute Gasteiger partial charge is 0.261 e.